The second kappa shape index (κ2) is 5.96. The van der Waals surface area contributed by atoms with Crippen molar-refractivity contribution in [2.75, 3.05) is 6.54 Å². The van der Waals surface area contributed by atoms with Crippen LogP contribution in [0.15, 0.2) is 0 Å². The highest BCUT2D eigenvalue weighted by atomic mass is 16.5. The van der Waals surface area contributed by atoms with Crippen LogP contribution in [-0.4, -0.2) is 24.3 Å². The molecule has 1 spiro atoms. The lowest BCUT2D eigenvalue weighted by molar-refractivity contribution is -0.0724. The van der Waals surface area contributed by atoms with Gasteiger partial charge in [-0.2, -0.15) is 0 Å². The Balaban J connectivity index is 1.51. The SMILES string of the molecule is CCCNC(C)C1(CC2CCC3(CCCCC3)O2)CC1. The van der Waals surface area contributed by atoms with Gasteiger partial charge in [0.2, 0.25) is 0 Å². The van der Waals surface area contributed by atoms with Crippen molar-refractivity contribution in [1.29, 1.82) is 0 Å². The smallest absolute Gasteiger partial charge is 0.0687 e. The molecule has 2 unspecified atom stereocenters. The molecule has 2 atom stereocenters. The van der Waals surface area contributed by atoms with Gasteiger partial charge < -0.3 is 10.1 Å². The fourth-order valence-electron chi connectivity index (χ4n) is 4.61. The first-order valence-electron chi connectivity index (χ1n) is 9.09. The molecular formula is C18H33NO. The van der Waals surface area contributed by atoms with Crippen molar-refractivity contribution in [2.24, 2.45) is 5.41 Å². The van der Waals surface area contributed by atoms with Crippen LogP contribution in [0, 0.1) is 5.41 Å². The van der Waals surface area contributed by atoms with Crippen LogP contribution in [0.4, 0.5) is 0 Å². The van der Waals surface area contributed by atoms with E-state index in [0.29, 0.717) is 23.2 Å². The van der Waals surface area contributed by atoms with Gasteiger partial charge in [0.1, 0.15) is 0 Å². The van der Waals surface area contributed by atoms with Gasteiger partial charge in [-0.25, -0.2) is 0 Å². The first-order valence-corrected chi connectivity index (χ1v) is 9.09. The van der Waals surface area contributed by atoms with Crippen molar-refractivity contribution in [2.45, 2.75) is 102 Å². The quantitative estimate of drug-likeness (QED) is 0.777. The van der Waals surface area contributed by atoms with E-state index in [-0.39, 0.29) is 0 Å². The molecule has 1 heterocycles. The molecule has 0 aromatic heterocycles. The van der Waals surface area contributed by atoms with E-state index < -0.39 is 0 Å². The average molecular weight is 279 g/mol. The zero-order valence-corrected chi connectivity index (χ0v) is 13.5. The number of nitrogens with one attached hydrogen (secondary N) is 1. The molecule has 1 saturated heterocycles. The van der Waals surface area contributed by atoms with Crippen molar-refractivity contribution in [1.82, 2.24) is 5.32 Å². The van der Waals surface area contributed by atoms with E-state index in [2.05, 4.69) is 19.2 Å². The molecule has 2 nitrogen and oxygen atoms in total. The lowest BCUT2D eigenvalue weighted by atomic mass is 9.82. The van der Waals surface area contributed by atoms with E-state index in [1.165, 1.54) is 77.2 Å². The molecule has 3 aliphatic rings. The average Bonchev–Trinajstić information content (AvgIpc) is 3.15. The molecule has 0 radical (unpaired) electrons. The van der Waals surface area contributed by atoms with Crippen molar-refractivity contribution in [3.05, 3.63) is 0 Å². The number of hydrogen-bond acceptors (Lipinski definition) is 2. The minimum atomic E-state index is 0.305. The first-order chi connectivity index (χ1) is 9.68. The molecule has 20 heavy (non-hydrogen) atoms. The van der Waals surface area contributed by atoms with Gasteiger partial charge in [0, 0.05) is 6.04 Å². The van der Waals surface area contributed by atoms with Crippen LogP contribution >= 0.6 is 0 Å². The standard InChI is InChI=1S/C18H33NO/c1-3-13-19-15(2)17(11-12-17)14-16-7-10-18(20-16)8-5-4-6-9-18/h15-16,19H,3-14H2,1-2H3. The third-order valence-corrected chi connectivity index (χ3v) is 6.25. The van der Waals surface area contributed by atoms with E-state index >= 15 is 0 Å². The predicted molar refractivity (Wildman–Crippen MR) is 84.0 cm³/mol. The molecule has 2 aliphatic carbocycles. The molecule has 3 rings (SSSR count). The summed E-state index contributed by atoms with van der Waals surface area (Å²) in [6, 6.07) is 0.675. The van der Waals surface area contributed by atoms with Gasteiger partial charge in [-0.05, 0) is 70.3 Å². The Morgan fingerprint density at radius 3 is 2.50 bits per heavy atom. The van der Waals surface area contributed by atoms with Crippen molar-refractivity contribution >= 4 is 0 Å². The second-order valence-electron chi connectivity index (χ2n) is 7.76. The summed E-state index contributed by atoms with van der Waals surface area (Å²) in [4.78, 5) is 0. The van der Waals surface area contributed by atoms with Gasteiger partial charge in [-0.3, -0.25) is 0 Å². The summed E-state index contributed by atoms with van der Waals surface area (Å²) < 4.78 is 6.59. The third kappa shape index (κ3) is 3.06. The third-order valence-electron chi connectivity index (χ3n) is 6.25. The highest BCUT2D eigenvalue weighted by Gasteiger charge is 2.51. The number of ether oxygens (including phenoxy) is 1. The van der Waals surface area contributed by atoms with Crippen LogP contribution in [0.5, 0.6) is 0 Å². The second-order valence-corrected chi connectivity index (χ2v) is 7.76. The number of rotatable bonds is 6. The normalized spacial score (nSPS) is 32.4. The van der Waals surface area contributed by atoms with Crippen LogP contribution in [0.1, 0.15) is 84.5 Å². The molecule has 3 fully saturated rings. The molecule has 0 amide bonds. The molecule has 116 valence electrons. The molecule has 2 heteroatoms. The van der Waals surface area contributed by atoms with Gasteiger partial charge >= 0.3 is 0 Å². The Labute approximate surface area is 125 Å². The Morgan fingerprint density at radius 2 is 1.85 bits per heavy atom. The van der Waals surface area contributed by atoms with Crippen molar-refractivity contribution in [3.63, 3.8) is 0 Å². The van der Waals surface area contributed by atoms with Crippen LogP contribution in [0.2, 0.25) is 0 Å². The maximum atomic E-state index is 6.59. The van der Waals surface area contributed by atoms with Crippen LogP contribution in [-0.2, 0) is 4.74 Å². The minimum Gasteiger partial charge on any atom is -0.372 e. The monoisotopic (exact) mass is 279 g/mol. The van der Waals surface area contributed by atoms with Crippen molar-refractivity contribution in [3.8, 4) is 0 Å². The summed E-state index contributed by atoms with van der Waals surface area (Å²) in [5, 5.41) is 3.72. The largest absolute Gasteiger partial charge is 0.372 e. The fraction of sp³-hybridized carbons (Fsp3) is 1.00. The van der Waals surface area contributed by atoms with Gasteiger partial charge in [-0.15, -0.1) is 0 Å². The zero-order valence-electron chi connectivity index (χ0n) is 13.5. The highest BCUT2D eigenvalue weighted by molar-refractivity contribution is 5.03. The maximum absolute atomic E-state index is 6.59. The Morgan fingerprint density at radius 1 is 1.10 bits per heavy atom. The van der Waals surface area contributed by atoms with Gasteiger partial charge in [0.05, 0.1) is 11.7 Å². The number of hydrogen-bond donors (Lipinski definition) is 1. The predicted octanol–water partition coefficient (Wildman–Crippen LogP) is 4.43. The van der Waals surface area contributed by atoms with Gasteiger partial charge in [0.15, 0.2) is 0 Å². The minimum absolute atomic E-state index is 0.305. The van der Waals surface area contributed by atoms with E-state index in [1.54, 1.807) is 0 Å². The topological polar surface area (TPSA) is 21.3 Å². The van der Waals surface area contributed by atoms with Crippen LogP contribution < -0.4 is 5.32 Å². The molecular weight excluding hydrogens is 246 g/mol. The summed E-state index contributed by atoms with van der Waals surface area (Å²) in [6.07, 6.45) is 15.5. The first kappa shape index (κ1) is 14.8. The lowest BCUT2D eigenvalue weighted by Gasteiger charge is -2.34. The van der Waals surface area contributed by atoms with Crippen LogP contribution in [0.25, 0.3) is 0 Å². The Kier molecular flexibility index (Phi) is 4.42. The van der Waals surface area contributed by atoms with E-state index in [0.717, 1.165) is 0 Å². The van der Waals surface area contributed by atoms with E-state index in [4.69, 9.17) is 4.74 Å². The Bertz CT molecular complexity index is 317. The fourth-order valence-corrected chi connectivity index (χ4v) is 4.61. The molecule has 0 aromatic rings. The van der Waals surface area contributed by atoms with Gasteiger partial charge in [-0.1, -0.05) is 26.2 Å². The summed E-state index contributed by atoms with van der Waals surface area (Å²) in [6.45, 7) is 5.82. The highest BCUT2D eigenvalue weighted by Crippen LogP contribution is 2.55. The molecule has 0 bridgehead atoms. The molecule has 2 saturated carbocycles. The summed E-state index contributed by atoms with van der Waals surface area (Å²) in [5.74, 6) is 0. The van der Waals surface area contributed by atoms with Gasteiger partial charge in [0.25, 0.3) is 0 Å². The summed E-state index contributed by atoms with van der Waals surface area (Å²) >= 11 is 0. The molecule has 1 N–H and O–H groups in total. The maximum Gasteiger partial charge on any atom is 0.0687 e. The lowest BCUT2D eigenvalue weighted by Crippen LogP contribution is -2.38. The van der Waals surface area contributed by atoms with E-state index in [9.17, 15) is 0 Å². The van der Waals surface area contributed by atoms with Crippen LogP contribution in [0.3, 0.4) is 0 Å². The van der Waals surface area contributed by atoms with E-state index in [1.807, 2.05) is 0 Å². The molecule has 1 aliphatic heterocycles. The van der Waals surface area contributed by atoms with Crippen molar-refractivity contribution < 1.29 is 4.74 Å². The summed E-state index contributed by atoms with van der Waals surface area (Å²) in [5.41, 5.74) is 0.874. The summed E-state index contributed by atoms with van der Waals surface area (Å²) in [7, 11) is 0. The zero-order chi connectivity index (χ0) is 14.1. The molecule has 0 aromatic carbocycles. The Hall–Kier alpha value is -0.0800.